The standard InChI is InChI=1S/C19H29ClN6.HI/c1-5-26(6-2)18(16-9-7-8-10-17(16)20)14-23-19(21-3)22-13-15-11-12-24-25(15)4;/h7-12,18H,5-6,13-14H2,1-4H3,(H2,21,22,23);1H. The summed E-state index contributed by atoms with van der Waals surface area (Å²) < 4.78 is 1.85. The molecule has 0 fully saturated rings. The molecule has 2 aromatic rings. The number of nitrogens with zero attached hydrogens (tertiary/aromatic N) is 4. The molecule has 0 saturated carbocycles. The van der Waals surface area contributed by atoms with Gasteiger partial charge in [-0.2, -0.15) is 5.10 Å². The number of rotatable bonds is 8. The van der Waals surface area contributed by atoms with Crippen LogP contribution in [0.15, 0.2) is 41.5 Å². The first-order chi connectivity index (χ1) is 12.6. The van der Waals surface area contributed by atoms with E-state index in [1.54, 1.807) is 13.2 Å². The smallest absolute Gasteiger partial charge is 0.191 e. The molecule has 1 unspecified atom stereocenters. The van der Waals surface area contributed by atoms with Crippen molar-refractivity contribution in [1.82, 2.24) is 25.3 Å². The Balaban J connectivity index is 0.00000364. The topological polar surface area (TPSA) is 57.5 Å². The maximum Gasteiger partial charge on any atom is 0.191 e. The van der Waals surface area contributed by atoms with E-state index in [4.69, 9.17) is 11.6 Å². The Morgan fingerprint density at radius 3 is 2.48 bits per heavy atom. The molecule has 8 heteroatoms. The summed E-state index contributed by atoms with van der Waals surface area (Å²) in [5.41, 5.74) is 2.23. The van der Waals surface area contributed by atoms with Gasteiger partial charge in [-0.05, 0) is 30.8 Å². The van der Waals surface area contributed by atoms with Crippen LogP contribution in [0.4, 0.5) is 0 Å². The van der Waals surface area contributed by atoms with E-state index in [0.29, 0.717) is 6.54 Å². The van der Waals surface area contributed by atoms with Crippen molar-refractivity contribution in [3.05, 3.63) is 52.8 Å². The summed E-state index contributed by atoms with van der Waals surface area (Å²) in [7, 11) is 3.71. The van der Waals surface area contributed by atoms with Crippen LogP contribution in [0.5, 0.6) is 0 Å². The molecule has 150 valence electrons. The summed E-state index contributed by atoms with van der Waals surface area (Å²) >= 11 is 6.46. The lowest BCUT2D eigenvalue weighted by Crippen LogP contribution is -2.43. The van der Waals surface area contributed by atoms with Gasteiger partial charge < -0.3 is 10.6 Å². The van der Waals surface area contributed by atoms with Gasteiger partial charge in [0.25, 0.3) is 0 Å². The second-order valence-electron chi connectivity index (χ2n) is 6.01. The highest BCUT2D eigenvalue weighted by atomic mass is 127. The molecule has 0 spiro atoms. The van der Waals surface area contributed by atoms with E-state index in [-0.39, 0.29) is 30.0 Å². The number of likely N-dealkylation sites (N-methyl/N-ethyl adjacent to an activating group) is 1. The fraction of sp³-hybridized carbons (Fsp3) is 0.474. The van der Waals surface area contributed by atoms with Crippen LogP contribution in [0.1, 0.15) is 31.1 Å². The van der Waals surface area contributed by atoms with Gasteiger partial charge in [0.05, 0.1) is 18.3 Å². The Morgan fingerprint density at radius 2 is 1.93 bits per heavy atom. The summed E-state index contributed by atoms with van der Waals surface area (Å²) in [5.74, 6) is 0.760. The summed E-state index contributed by atoms with van der Waals surface area (Å²) in [4.78, 5) is 6.72. The van der Waals surface area contributed by atoms with Gasteiger partial charge in [0.2, 0.25) is 0 Å². The number of nitrogens with one attached hydrogen (secondary N) is 2. The molecule has 1 aromatic carbocycles. The van der Waals surface area contributed by atoms with E-state index >= 15 is 0 Å². The molecule has 6 nitrogen and oxygen atoms in total. The fourth-order valence-electron chi connectivity index (χ4n) is 3.01. The highest BCUT2D eigenvalue weighted by Crippen LogP contribution is 2.26. The van der Waals surface area contributed by atoms with Gasteiger partial charge in [0, 0.05) is 31.9 Å². The van der Waals surface area contributed by atoms with Crippen LogP contribution in [0.25, 0.3) is 0 Å². The number of halogens is 2. The molecule has 0 bridgehead atoms. The third-order valence-corrected chi connectivity index (χ3v) is 4.91. The Bertz CT molecular complexity index is 714. The first kappa shape index (κ1) is 23.7. The quantitative estimate of drug-likeness (QED) is 0.329. The van der Waals surface area contributed by atoms with Gasteiger partial charge in [0.1, 0.15) is 0 Å². The van der Waals surface area contributed by atoms with Crippen LogP contribution in [0.3, 0.4) is 0 Å². The lowest BCUT2D eigenvalue weighted by Gasteiger charge is -2.31. The molecule has 0 aliphatic rings. The number of aryl methyl sites for hydroxylation is 1. The van der Waals surface area contributed by atoms with Crippen LogP contribution in [0, 0.1) is 0 Å². The molecule has 0 aliphatic carbocycles. The van der Waals surface area contributed by atoms with Crippen molar-refractivity contribution in [2.75, 3.05) is 26.7 Å². The zero-order valence-corrected chi connectivity index (χ0v) is 19.5. The molecule has 2 rings (SSSR count). The van der Waals surface area contributed by atoms with Gasteiger partial charge in [-0.25, -0.2) is 0 Å². The summed E-state index contributed by atoms with van der Waals surface area (Å²) in [6.07, 6.45) is 1.79. The SMILES string of the molecule is CCN(CC)C(CNC(=NC)NCc1ccnn1C)c1ccccc1Cl.I. The largest absolute Gasteiger partial charge is 0.354 e. The second kappa shape index (κ2) is 12.2. The summed E-state index contributed by atoms with van der Waals surface area (Å²) in [5, 5.41) is 11.8. The third kappa shape index (κ3) is 6.65. The molecule has 1 heterocycles. The maximum absolute atomic E-state index is 6.46. The first-order valence-electron chi connectivity index (χ1n) is 9.00. The molecule has 0 radical (unpaired) electrons. The number of benzene rings is 1. The van der Waals surface area contributed by atoms with Gasteiger partial charge in [-0.3, -0.25) is 14.6 Å². The summed E-state index contributed by atoms with van der Waals surface area (Å²) in [6, 6.07) is 10.2. The zero-order valence-electron chi connectivity index (χ0n) is 16.4. The molecular formula is C19H30ClIN6. The summed E-state index contributed by atoms with van der Waals surface area (Å²) in [6.45, 7) is 7.63. The lowest BCUT2D eigenvalue weighted by molar-refractivity contribution is 0.219. The van der Waals surface area contributed by atoms with Crippen LogP contribution >= 0.6 is 35.6 Å². The zero-order chi connectivity index (χ0) is 18.9. The average molecular weight is 505 g/mol. The Kier molecular flexibility index (Phi) is 10.7. The third-order valence-electron chi connectivity index (χ3n) is 4.56. The van der Waals surface area contributed by atoms with Crippen molar-refractivity contribution < 1.29 is 0 Å². The van der Waals surface area contributed by atoms with Crippen molar-refractivity contribution in [3.63, 3.8) is 0 Å². The minimum absolute atomic E-state index is 0. The Hall–Kier alpha value is -1.32. The Morgan fingerprint density at radius 1 is 1.22 bits per heavy atom. The van der Waals surface area contributed by atoms with Crippen molar-refractivity contribution in [1.29, 1.82) is 0 Å². The predicted molar refractivity (Wildman–Crippen MR) is 124 cm³/mol. The highest BCUT2D eigenvalue weighted by molar-refractivity contribution is 14.0. The van der Waals surface area contributed by atoms with E-state index in [9.17, 15) is 0 Å². The molecule has 1 atom stereocenters. The monoisotopic (exact) mass is 504 g/mol. The minimum atomic E-state index is 0. The number of aromatic nitrogens is 2. The fourth-order valence-corrected chi connectivity index (χ4v) is 3.27. The highest BCUT2D eigenvalue weighted by Gasteiger charge is 2.20. The molecule has 0 saturated heterocycles. The van der Waals surface area contributed by atoms with Crippen LogP contribution < -0.4 is 10.6 Å². The van der Waals surface area contributed by atoms with Crippen LogP contribution in [-0.2, 0) is 13.6 Å². The lowest BCUT2D eigenvalue weighted by atomic mass is 10.0. The van der Waals surface area contributed by atoms with Crippen molar-refractivity contribution in [2.45, 2.75) is 26.4 Å². The number of aliphatic imine (C=N–C) groups is 1. The number of hydrogen-bond donors (Lipinski definition) is 2. The van der Waals surface area contributed by atoms with Gasteiger partial charge in [-0.15, -0.1) is 24.0 Å². The molecule has 1 aromatic heterocycles. The van der Waals surface area contributed by atoms with E-state index < -0.39 is 0 Å². The van der Waals surface area contributed by atoms with E-state index in [1.165, 1.54) is 0 Å². The molecule has 0 aliphatic heterocycles. The average Bonchev–Trinajstić information content (AvgIpc) is 3.06. The van der Waals surface area contributed by atoms with Crippen LogP contribution in [0.2, 0.25) is 5.02 Å². The van der Waals surface area contributed by atoms with E-state index in [2.05, 4.69) is 45.5 Å². The van der Waals surface area contributed by atoms with E-state index in [1.807, 2.05) is 36.0 Å². The predicted octanol–water partition coefficient (Wildman–Crippen LogP) is 3.44. The van der Waals surface area contributed by atoms with Gasteiger partial charge in [0.15, 0.2) is 5.96 Å². The van der Waals surface area contributed by atoms with Crippen molar-refractivity contribution in [2.24, 2.45) is 12.0 Å². The first-order valence-corrected chi connectivity index (χ1v) is 9.38. The van der Waals surface area contributed by atoms with Gasteiger partial charge in [-0.1, -0.05) is 43.6 Å². The molecular weight excluding hydrogens is 475 g/mol. The second-order valence-corrected chi connectivity index (χ2v) is 6.42. The molecule has 27 heavy (non-hydrogen) atoms. The van der Waals surface area contributed by atoms with Crippen LogP contribution in [-0.4, -0.2) is 47.3 Å². The Labute approximate surface area is 184 Å². The van der Waals surface area contributed by atoms with Crippen molar-refractivity contribution in [3.8, 4) is 0 Å². The molecule has 2 N–H and O–H groups in total. The van der Waals surface area contributed by atoms with E-state index in [0.717, 1.165) is 41.9 Å². The molecule has 0 amide bonds. The van der Waals surface area contributed by atoms with Gasteiger partial charge >= 0.3 is 0 Å². The minimum Gasteiger partial charge on any atom is -0.354 e. The van der Waals surface area contributed by atoms with Crippen molar-refractivity contribution >= 4 is 41.5 Å². The maximum atomic E-state index is 6.46. The number of guanidine groups is 1. The normalized spacial score (nSPS) is 12.6. The number of hydrogen-bond acceptors (Lipinski definition) is 3.